The minimum atomic E-state index is -0.511. The number of fused-ring (bicyclic) bond motifs is 5. The summed E-state index contributed by atoms with van der Waals surface area (Å²) >= 11 is 0. The van der Waals surface area contributed by atoms with Gasteiger partial charge in [-0.2, -0.15) is 0 Å². The molecular formula is C14H15O6Sm-. The molecule has 2 bridgehead atoms. The number of hydrogen-bond donors (Lipinski definition) is 0. The van der Waals surface area contributed by atoms with E-state index in [4.69, 9.17) is 9.47 Å². The fourth-order valence-corrected chi connectivity index (χ4v) is 3.69. The first-order valence-corrected chi connectivity index (χ1v) is 6.80. The minimum absolute atomic E-state index is 0. The number of ether oxygens (including phenoxy) is 2. The summed E-state index contributed by atoms with van der Waals surface area (Å²) in [5, 5.41) is 0. The van der Waals surface area contributed by atoms with Crippen LogP contribution in [0.5, 0.6) is 0 Å². The van der Waals surface area contributed by atoms with E-state index in [1.165, 1.54) is 0 Å². The molecule has 1 saturated carbocycles. The maximum atomic E-state index is 11.9. The number of esters is 1. The van der Waals surface area contributed by atoms with Gasteiger partial charge in [-0.25, -0.2) is 0 Å². The Bertz CT molecular complexity index is 490. The average molecular weight is 430 g/mol. The van der Waals surface area contributed by atoms with Crippen molar-refractivity contribution in [2.75, 3.05) is 0 Å². The van der Waals surface area contributed by atoms with E-state index < -0.39 is 24.1 Å². The fraction of sp³-hybridized carbons (Fsp3) is 0.714. The molecule has 3 aliphatic rings. The van der Waals surface area contributed by atoms with Gasteiger partial charge in [0.25, 0.3) is 0 Å². The van der Waals surface area contributed by atoms with E-state index in [-0.39, 0.29) is 89.2 Å². The molecule has 0 aromatic carbocycles. The van der Waals surface area contributed by atoms with E-state index in [0.717, 1.165) is 0 Å². The van der Waals surface area contributed by atoms with E-state index >= 15 is 0 Å². The van der Waals surface area contributed by atoms with E-state index in [2.05, 4.69) is 0 Å². The van der Waals surface area contributed by atoms with Crippen LogP contribution in [0, 0.1) is 58.1 Å². The van der Waals surface area contributed by atoms with Gasteiger partial charge in [-0.3, -0.25) is 20.7 Å². The summed E-state index contributed by atoms with van der Waals surface area (Å²) < 4.78 is 11.1. The fourth-order valence-electron chi connectivity index (χ4n) is 3.69. The van der Waals surface area contributed by atoms with E-state index in [9.17, 15) is 19.2 Å². The summed E-state index contributed by atoms with van der Waals surface area (Å²) in [6, 6.07) is 0. The van der Waals surface area contributed by atoms with Gasteiger partial charge in [0.05, 0.1) is 24.4 Å². The Morgan fingerprint density at radius 3 is 2.52 bits per heavy atom. The standard InChI is InChI=1S/C14H15O6.Sm/c1-6-12-10-7(16)5-8(17)11(10)14(20-12)13(6)19-9(18)3-2-4-15;/h6,10-14H,2-3,5H2,1H3;/q-1;/t6-,10-,11+,12?,13-,14?;/m1./s1. The van der Waals surface area contributed by atoms with Gasteiger partial charge >= 0.3 is 5.97 Å². The van der Waals surface area contributed by atoms with Gasteiger partial charge in [0.15, 0.2) is 0 Å². The molecule has 7 heteroatoms. The zero-order valence-corrected chi connectivity index (χ0v) is 14.1. The van der Waals surface area contributed by atoms with Gasteiger partial charge in [0, 0.05) is 52.7 Å². The minimum Gasteiger partial charge on any atom is -0.542 e. The third kappa shape index (κ3) is 2.74. The molecule has 0 radical (unpaired) electrons. The van der Waals surface area contributed by atoms with Crippen LogP contribution in [-0.4, -0.2) is 42.1 Å². The molecule has 6 atom stereocenters. The Kier molecular flexibility index (Phi) is 5.30. The molecule has 0 amide bonds. The molecule has 3 fully saturated rings. The number of carbonyl (C=O) groups excluding carboxylic acids is 4. The Labute approximate surface area is 154 Å². The molecule has 1 aliphatic carbocycles. The maximum absolute atomic E-state index is 11.9. The summed E-state index contributed by atoms with van der Waals surface area (Å²) in [4.78, 5) is 45.4. The van der Waals surface area contributed by atoms with Crippen molar-refractivity contribution in [2.45, 2.75) is 44.5 Å². The average Bonchev–Trinajstić information content (AvgIpc) is 3.02. The van der Waals surface area contributed by atoms with Gasteiger partial charge < -0.3 is 14.3 Å². The normalized spacial score (nSPS) is 39.9. The second-order valence-corrected chi connectivity index (χ2v) is 5.68. The molecule has 0 N–H and O–H groups in total. The van der Waals surface area contributed by atoms with Gasteiger partial charge in [-0.15, -0.1) is 6.42 Å². The molecule has 21 heavy (non-hydrogen) atoms. The van der Waals surface area contributed by atoms with Crippen molar-refractivity contribution in [1.29, 1.82) is 0 Å². The summed E-state index contributed by atoms with van der Waals surface area (Å²) in [6.07, 6.45) is 0.235. The van der Waals surface area contributed by atoms with Crippen LogP contribution in [0.15, 0.2) is 0 Å². The van der Waals surface area contributed by atoms with Crippen molar-refractivity contribution in [3.63, 3.8) is 0 Å². The second-order valence-electron chi connectivity index (χ2n) is 5.68. The van der Waals surface area contributed by atoms with Crippen molar-refractivity contribution >= 4 is 23.8 Å². The smallest absolute Gasteiger partial charge is 0.303 e. The van der Waals surface area contributed by atoms with Crippen LogP contribution in [0.25, 0.3) is 0 Å². The molecule has 6 nitrogen and oxygen atoms in total. The zero-order chi connectivity index (χ0) is 14.4. The number of Topliss-reactive ketones (excluding diaryl/α,β-unsaturated/α-hetero) is 2. The van der Waals surface area contributed by atoms with Crippen LogP contribution in [0.2, 0.25) is 0 Å². The molecule has 0 aromatic heterocycles. The quantitative estimate of drug-likeness (QED) is 0.355. The Hall–Kier alpha value is -0.222. The summed E-state index contributed by atoms with van der Waals surface area (Å²) in [5.41, 5.74) is 0. The molecule has 0 aromatic rings. The van der Waals surface area contributed by atoms with Crippen LogP contribution >= 0.6 is 0 Å². The molecule has 3 rings (SSSR count). The number of ketones is 2. The van der Waals surface area contributed by atoms with Crippen LogP contribution in [0.4, 0.5) is 0 Å². The summed E-state index contributed by atoms with van der Waals surface area (Å²) in [6.45, 7) is 1.86. The molecule has 2 heterocycles. The van der Waals surface area contributed by atoms with Crippen LogP contribution < -0.4 is 0 Å². The third-order valence-electron chi connectivity index (χ3n) is 4.56. The first-order valence-electron chi connectivity index (χ1n) is 6.80. The van der Waals surface area contributed by atoms with Crippen LogP contribution in [-0.2, 0) is 28.7 Å². The number of carbonyl (C=O) groups is 3. The van der Waals surface area contributed by atoms with Crippen molar-refractivity contribution in [1.82, 2.24) is 0 Å². The Morgan fingerprint density at radius 1 is 1.29 bits per heavy atom. The third-order valence-corrected chi connectivity index (χ3v) is 4.56. The largest absolute Gasteiger partial charge is 0.542 e. The molecule has 2 unspecified atom stereocenters. The molecule has 114 valence electrons. The predicted octanol–water partition coefficient (Wildman–Crippen LogP) is -0.0205. The van der Waals surface area contributed by atoms with Crippen molar-refractivity contribution in [3.8, 4) is 0 Å². The van der Waals surface area contributed by atoms with E-state index in [0.29, 0.717) is 0 Å². The molecule has 2 aliphatic heterocycles. The second kappa shape index (κ2) is 6.49. The first-order chi connectivity index (χ1) is 9.54. The van der Waals surface area contributed by atoms with Crippen molar-refractivity contribution < 1.29 is 69.0 Å². The monoisotopic (exact) mass is 431 g/mol. The van der Waals surface area contributed by atoms with Crippen molar-refractivity contribution in [3.05, 3.63) is 0 Å². The Balaban J connectivity index is 0.00000161. The van der Waals surface area contributed by atoms with E-state index in [1.807, 2.05) is 6.92 Å². The molecule has 0 spiro atoms. The van der Waals surface area contributed by atoms with Gasteiger partial charge in [-0.05, 0) is 0 Å². The van der Waals surface area contributed by atoms with Gasteiger partial charge in [0.2, 0.25) is 0 Å². The first kappa shape index (κ1) is 17.1. The summed E-state index contributed by atoms with van der Waals surface area (Å²) in [5.74, 6) is -1.59. The van der Waals surface area contributed by atoms with Crippen LogP contribution in [0.3, 0.4) is 0 Å². The maximum Gasteiger partial charge on any atom is 0.303 e. The van der Waals surface area contributed by atoms with Gasteiger partial charge in [-0.1, -0.05) is 6.92 Å². The van der Waals surface area contributed by atoms with Crippen molar-refractivity contribution in [2.24, 2.45) is 17.8 Å². The topological polar surface area (TPSA) is 86.7 Å². The zero-order valence-electron chi connectivity index (χ0n) is 11.4. The molecular weight excluding hydrogens is 415 g/mol. The molecule has 2 saturated heterocycles. The number of rotatable bonds is 4. The van der Waals surface area contributed by atoms with E-state index in [1.54, 1.807) is 6.29 Å². The van der Waals surface area contributed by atoms with Crippen LogP contribution in [0.1, 0.15) is 26.2 Å². The summed E-state index contributed by atoms with van der Waals surface area (Å²) in [7, 11) is 0. The SMILES string of the molecule is C[C@@H]1C2OC([C@H]3C(=O)CC(=O)[C@@H]23)[C@@H]1OC(=O)CC[C-]=O.[Sm]. The van der Waals surface area contributed by atoms with Gasteiger partial charge in [0.1, 0.15) is 23.8 Å². The predicted molar refractivity (Wildman–Crippen MR) is 64.2 cm³/mol. The Morgan fingerprint density at radius 2 is 1.90 bits per heavy atom. The number of hydrogen-bond acceptors (Lipinski definition) is 6.